The SMILES string of the molecule is CCCC(C)(C)P(C1CCCCC1)C(C)(C)CCC. The normalized spacial score (nSPS) is 19.1. The van der Waals surface area contributed by atoms with Gasteiger partial charge in [0.15, 0.2) is 0 Å². The summed E-state index contributed by atoms with van der Waals surface area (Å²) in [6.07, 6.45) is 13.0. The van der Waals surface area contributed by atoms with Crippen LogP contribution in [0.3, 0.4) is 0 Å². The van der Waals surface area contributed by atoms with Crippen LogP contribution in [-0.4, -0.2) is 16.0 Å². The average Bonchev–Trinajstić information content (AvgIpc) is 2.29. The van der Waals surface area contributed by atoms with Crippen LogP contribution in [0.15, 0.2) is 0 Å². The van der Waals surface area contributed by atoms with Crippen LogP contribution in [0.5, 0.6) is 0 Å². The van der Waals surface area contributed by atoms with E-state index in [1.807, 2.05) is 0 Å². The van der Waals surface area contributed by atoms with Gasteiger partial charge in [0.1, 0.15) is 0 Å². The summed E-state index contributed by atoms with van der Waals surface area (Å²) in [5.74, 6) is 0. The molecule has 0 nitrogen and oxygen atoms in total. The molecule has 1 aliphatic carbocycles. The third-order valence-corrected chi connectivity index (χ3v) is 9.27. The quantitative estimate of drug-likeness (QED) is 0.443. The third kappa shape index (κ3) is 4.73. The van der Waals surface area contributed by atoms with Gasteiger partial charge in [-0.05, 0) is 41.7 Å². The zero-order chi connectivity index (χ0) is 14.5. The maximum absolute atomic E-state index is 2.58. The first-order valence-corrected chi connectivity index (χ1v) is 10.1. The molecular formula is C18H37P. The molecule has 0 heterocycles. The molecule has 0 spiro atoms. The molecule has 114 valence electrons. The van der Waals surface area contributed by atoms with Crippen LogP contribution < -0.4 is 0 Å². The van der Waals surface area contributed by atoms with Crippen molar-refractivity contribution in [2.45, 2.75) is 115 Å². The Labute approximate surface area is 123 Å². The van der Waals surface area contributed by atoms with E-state index in [4.69, 9.17) is 0 Å². The van der Waals surface area contributed by atoms with Gasteiger partial charge in [0.2, 0.25) is 0 Å². The van der Waals surface area contributed by atoms with Crippen LogP contribution in [0.1, 0.15) is 99.3 Å². The Kier molecular flexibility index (Phi) is 6.85. The predicted molar refractivity (Wildman–Crippen MR) is 91.8 cm³/mol. The summed E-state index contributed by atoms with van der Waals surface area (Å²) >= 11 is 0. The molecule has 1 fully saturated rings. The number of hydrogen-bond acceptors (Lipinski definition) is 0. The van der Waals surface area contributed by atoms with Crippen molar-refractivity contribution in [3.63, 3.8) is 0 Å². The van der Waals surface area contributed by atoms with Gasteiger partial charge in [-0.25, -0.2) is 0 Å². The smallest absolute Gasteiger partial charge is 0.0144 e. The highest BCUT2D eigenvalue weighted by Crippen LogP contribution is 2.67. The average molecular weight is 284 g/mol. The van der Waals surface area contributed by atoms with Crippen molar-refractivity contribution in [3.05, 3.63) is 0 Å². The minimum atomic E-state index is 0.123. The van der Waals surface area contributed by atoms with Crippen molar-refractivity contribution in [1.82, 2.24) is 0 Å². The van der Waals surface area contributed by atoms with Gasteiger partial charge in [0.05, 0.1) is 0 Å². The van der Waals surface area contributed by atoms with E-state index in [1.165, 1.54) is 57.8 Å². The Morgan fingerprint density at radius 3 is 1.58 bits per heavy atom. The number of rotatable bonds is 7. The first-order chi connectivity index (χ1) is 8.85. The lowest BCUT2D eigenvalue weighted by Crippen LogP contribution is -2.36. The highest BCUT2D eigenvalue weighted by molar-refractivity contribution is 7.61. The van der Waals surface area contributed by atoms with Crippen molar-refractivity contribution < 1.29 is 0 Å². The second kappa shape index (κ2) is 7.44. The Morgan fingerprint density at radius 2 is 1.21 bits per heavy atom. The minimum Gasteiger partial charge on any atom is -0.0919 e. The Bertz CT molecular complexity index is 230. The summed E-state index contributed by atoms with van der Waals surface area (Å²) in [6.45, 7) is 15.0. The second-order valence-electron chi connectivity index (χ2n) is 7.79. The van der Waals surface area contributed by atoms with Gasteiger partial charge in [0, 0.05) is 0 Å². The van der Waals surface area contributed by atoms with Gasteiger partial charge in [-0.3, -0.25) is 0 Å². The van der Waals surface area contributed by atoms with Gasteiger partial charge in [-0.2, -0.15) is 0 Å². The van der Waals surface area contributed by atoms with Crippen molar-refractivity contribution in [3.8, 4) is 0 Å². The molecule has 0 unspecified atom stereocenters. The lowest BCUT2D eigenvalue weighted by Gasteiger charge is -2.51. The van der Waals surface area contributed by atoms with Gasteiger partial charge in [0.25, 0.3) is 0 Å². The molecule has 0 amide bonds. The molecule has 1 aliphatic rings. The molecule has 0 aromatic heterocycles. The van der Waals surface area contributed by atoms with E-state index in [2.05, 4.69) is 41.5 Å². The van der Waals surface area contributed by atoms with Gasteiger partial charge >= 0.3 is 0 Å². The Balaban J connectivity index is 2.95. The predicted octanol–water partition coefficient (Wildman–Crippen LogP) is 6.96. The van der Waals surface area contributed by atoms with Gasteiger partial charge in [-0.1, -0.05) is 81.6 Å². The van der Waals surface area contributed by atoms with Crippen molar-refractivity contribution >= 4 is 7.92 Å². The summed E-state index contributed by atoms with van der Waals surface area (Å²) in [4.78, 5) is 0. The first-order valence-electron chi connectivity index (χ1n) is 8.64. The van der Waals surface area contributed by atoms with Crippen LogP contribution in [0.2, 0.25) is 0 Å². The van der Waals surface area contributed by atoms with E-state index in [9.17, 15) is 0 Å². The van der Waals surface area contributed by atoms with Crippen molar-refractivity contribution in [2.24, 2.45) is 0 Å². The lowest BCUT2D eigenvalue weighted by atomic mass is 10.00. The molecular weight excluding hydrogens is 247 g/mol. The van der Waals surface area contributed by atoms with Gasteiger partial charge in [-0.15, -0.1) is 0 Å². The second-order valence-corrected chi connectivity index (χ2v) is 11.7. The summed E-state index contributed by atoms with van der Waals surface area (Å²) < 4.78 is 0. The molecule has 0 bridgehead atoms. The fraction of sp³-hybridized carbons (Fsp3) is 1.00. The maximum Gasteiger partial charge on any atom is -0.0144 e. The topological polar surface area (TPSA) is 0 Å². The molecule has 1 saturated carbocycles. The van der Waals surface area contributed by atoms with E-state index < -0.39 is 0 Å². The van der Waals surface area contributed by atoms with Crippen LogP contribution in [0.4, 0.5) is 0 Å². The van der Waals surface area contributed by atoms with E-state index in [0.717, 1.165) is 5.66 Å². The molecule has 0 N–H and O–H groups in total. The Morgan fingerprint density at radius 1 is 0.789 bits per heavy atom. The fourth-order valence-electron chi connectivity index (χ4n) is 4.61. The molecule has 1 rings (SSSR count). The van der Waals surface area contributed by atoms with E-state index in [0.29, 0.717) is 10.3 Å². The van der Waals surface area contributed by atoms with E-state index in [1.54, 1.807) is 0 Å². The zero-order valence-corrected chi connectivity index (χ0v) is 15.3. The minimum absolute atomic E-state index is 0.123. The molecule has 1 heteroatoms. The molecule has 19 heavy (non-hydrogen) atoms. The highest BCUT2D eigenvalue weighted by Gasteiger charge is 2.43. The largest absolute Gasteiger partial charge is 0.0919 e. The third-order valence-electron chi connectivity index (χ3n) is 4.97. The van der Waals surface area contributed by atoms with E-state index in [-0.39, 0.29) is 7.92 Å². The van der Waals surface area contributed by atoms with Crippen LogP contribution in [0, 0.1) is 0 Å². The maximum atomic E-state index is 2.58. The van der Waals surface area contributed by atoms with Crippen molar-refractivity contribution in [2.75, 3.05) is 0 Å². The molecule has 0 aromatic carbocycles. The summed E-state index contributed by atoms with van der Waals surface area (Å²) in [5.41, 5.74) is 1.05. The summed E-state index contributed by atoms with van der Waals surface area (Å²) in [7, 11) is 0.123. The van der Waals surface area contributed by atoms with E-state index >= 15 is 0 Å². The zero-order valence-electron chi connectivity index (χ0n) is 14.4. The van der Waals surface area contributed by atoms with Crippen LogP contribution in [-0.2, 0) is 0 Å². The molecule has 0 aliphatic heterocycles. The molecule has 0 aromatic rings. The molecule has 0 saturated heterocycles. The monoisotopic (exact) mass is 284 g/mol. The number of hydrogen-bond donors (Lipinski definition) is 0. The molecule has 0 radical (unpaired) electrons. The highest BCUT2D eigenvalue weighted by atomic mass is 31.1. The van der Waals surface area contributed by atoms with Gasteiger partial charge < -0.3 is 0 Å². The molecule has 0 atom stereocenters. The fourth-order valence-corrected chi connectivity index (χ4v) is 10.0. The summed E-state index contributed by atoms with van der Waals surface area (Å²) in [6, 6.07) is 0. The summed E-state index contributed by atoms with van der Waals surface area (Å²) in [5, 5.41) is 1.15. The first kappa shape index (κ1) is 17.5. The lowest BCUT2D eigenvalue weighted by molar-refractivity contribution is 0.479. The Hall–Kier alpha value is 0.430. The standard InChI is InChI=1S/C18H37P/c1-7-14-17(3,4)19(18(5,6)15-8-2)16-12-10-9-11-13-16/h16H,7-15H2,1-6H3. The van der Waals surface area contributed by atoms with Crippen LogP contribution in [0.25, 0.3) is 0 Å². The van der Waals surface area contributed by atoms with Crippen LogP contribution >= 0.6 is 7.92 Å². The van der Waals surface area contributed by atoms with Crippen molar-refractivity contribution in [1.29, 1.82) is 0 Å².